The maximum Gasteiger partial charge on any atom is 0.228 e. The van der Waals surface area contributed by atoms with E-state index < -0.39 is 5.72 Å². The zero-order chi connectivity index (χ0) is 21.2. The highest BCUT2D eigenvalue weighted by atomic mass is 16.5. The van der Waals surface area contributed by atoms with Crippen LogP contribution in [0, 0.1) is 0 Å². The lowest BCUT2D eigenvalue weighted by molar-refractivity contribution is 0.0826. The van der Waals surface area contributed by atoms with Crippen LogP contribution in [0.1, 0.15) is 38.7 Å². The van der Waals surface area contributed by atoms with Crippen LogP contribution in [-0.4, -0.2) is 32.1 Å². The van der Waals surface area contributed by atoms with Gasteiger partial charge in [-0.05, 0) is 62.3 Å². The van der Waals surface area contributed by atoms with E-state index in [2.05, 4.69) is 85.3 Å². The third-order valence-corrected chi connectivity index (χ3v) is 7.63. The van der Waals surface area contributed by atoms with Crippen LogP contribution in [0.3, 0.4) is 0 Å². The minimum atomic E-state index is -0.648. The van der Waals surface area contributed by atoms with Crippen molar-refractivity contribution in [3.63, 3.8) is 0 Å². The minimum absolute atomic E-state index is 0.246. The molecule has 6 rings (SSSR count). The molecule has 1 fully saturated rings. The predicted molar refractivity (Wildman–Crippen MR) is 129 cm³/mol. The van der Waals surface area contributed by atoms with Crippen LogP contribution in [-0.2, 0) is 5.41 Å². The first-order valence-electron chi connectivity index (χ1n) is 11.4. The van der Waals surface area contributed by atoms with Gasteiger partial charge >= 0.3 is 0 Å². The van der Waals surface area contributed by atoms with Crippen LogP contribution in [0.25, 0.3) is 10.8 Å². The molecule has 3 aromatic rings. The predicted octanol–water partition coefficient (Wildman–Crippen LogP) is 6.05. The minimum Gasteiger partial charge on any atom is -0.459 e. The Kier molecular flexibility index (Phi) is 3.92. The normalized spacial score (nSPS) is 23.7. The molecule has 3 aromatic carbocycles. The van der Waals surface area contributed by atoms with Crippen LogP contribution in [0.4, 0.5) is 17.1 Å². The number of aliphatic imine (C=N–C) groups is 1. The molecule has 3 heterocycles. The summed E-state index contributed by atoms with van der Waals surface area (Å²) in [6.07, 6.45) is 5.93. The fourth-order valence-electron chi connectivity index (χ4n) is 5.71. The van der Waals surface area contributed by atoms with Gasteiger partial charge in [0.05, 0.1) is 11.6 Å². The lowest BCUT2D eigenvalue weighted by Gasteiger charge is -2.45. The molecule has 0 aliphatic carbocycles. The van der Waals surface area contributed by atoms with Crippen molar-refractivity contribution >= 4 is 34.0 Å². The largest absolute Gasteiger partial charge is 0.459 e. The molecule has 1 spiro atoms. The zero-order valence-corrected chi connectivity index (χ0v) is 18.6. The van der Waals surface area contributed by atoms with Gasteiger partial charge in [0, 0.05) is 36.9 Å². The number of nitrogens with zero attached hydrogens (tertiary/aromatic N) is 3. The Labute approximate surface area is 184 Å². The van der Waals surface area contributed by atoms with Crippen molar-refractivity contribution in [3.8, 4) is 5.75 Å². The second kappa shape index (κ2) is 6.49. The summed E-state index contributed by atoms with van der Waals surface area (Å²) in [4.78, 5) is 9.81. The summed E-state index contributed by atoms with van der Waals surface area (Å²) in [6.45, 7) is 6.84. The Morgan fingerprint density at radius 1 is 0.935 bits per heavy atom. The summed E-state index contributed by atoms with van der Waals surface area (Å²) in [7, 11) is 2.14. The van der Waals surface area contributed by atoms with E-state index in [-0.39, 0.29) is 5.41 Å². The first kappa shape index (κ1) is 18.7. The fraction of sp³-hybridized carbons (Fsp3) is 0.370. The summed E-state index contributed by atoms with van der Waals surface area (Å²) in [5.74, 6) is 0.852. The number of piperidine rings is 1. The molecule has 4 heteroatoms. The number of benzene rings is 3. The summed E-state index contributed by atoms with van der Waals surface area (Å²) in [5.41, 5.74) is 3.90. The number of rotatable bonds is 1. The van der Waals surface area contributed by atoms with E-state index in [1.54, 1.807) is 0 Å². The molecule has 1 atom stereocenters. The molecule has 1 unspecified atom stereocenters. The Bertz CT molecular complexity index is 1210. The number of fused-ring (bicyclic) bond motifs is 4. The molecule has 0 bridgehead atoms. The van der Waals surface area contributed by atoms with Crippen molar-refractivity contribution in [2.24, 2.45) is 4.99 Å². The van der Waals surface area contributed by atoms with Gasteiger partial charge in [-0.25, -0.2) is 0 Å². The molecule has 4 nitrogen and oxygen atoms in total. The standard InChI is InChI=1S/C27H29N3O/c1-26(2)22-13-12-20(30-15-7-4-8-16-30)17-23(22)29(3)27(26)18-28-25-21-10-6-5-9-19(21)11-14-24(25)31-27/h5-6,9-14,17-18H,4,7-8,15-16H2,1-3H3. The molecular formula is C27H29N3O. The molecule has 31 heavy (non-hydrogen) atoms. The molecular weight excluding hydrogens is 382 g/mol. The fourth-order valence-corrected chi connectivity index (χ4v) is 5.71. The van der Waals surface area contributed by atoms with Gasteiger partial charge in [0.25, 0.3) is 0 Å². The SMILES string of the molecule is CN1c2cc(N3CCCCC3)ccc2C(C)(C)C12C=Nc1c(ccc3ccccc13)O2. The van der Waals surface area contributed by atoms with Gasteiger partial charge in [-0.15, -0.1) is 0 Å². The molecule has 0 saturated carbocycles. The van der Waals surface area contributed by atoms with E-state index in [0.29, 0.717) is 0 Å². The maximum absolute atomic E-state index is 6.85. The third-order valence-electron chi connectivity index (χ3n) is 7.63. The lowest BCUT2D eigenvalue weighted by atomic mass is 9.77. The quantitative estimate of drug-likeness (QED) is 0.488. The van der Waals surface area contributed by atoms with E-state index in [1.807, 2.05) is 6.21 Å². The summed E-state index contributed by atoms with van der Waals surface area (Å²) >= 11 is 0. The first-order chi connectivity index (χ1) is 15.0. The van der Waals surface area contributed by atoms with Crippen molar-refractivity contribution in [2.45, 2.75) is 44.2 Å². The Balaban J connectivity index is 1.44. The Hall–Kier alpha value is -3.01. The second-order valence-corrected chi connectivity index (χ2v) is 9.62. The van der Waals surface area contributed by atoms with E-state index in [4.69, 9.17) is 9.73 Å². The summed E-state index contributed by atoms with van der Waals surface area (Å²) in [5, 5.41) is 2.32. The van der Waals surface area contributed by atoms with Crippen molar-refractivity contribution in [1.29, 1.82) is 0 Å². The number of likely N-dealkylation sites (N-methyl/N-ethyl adjacent to an activating group) is 1. The molecule has 1 saturated heterocycles. The lowest BCUT2D eigenvalue weighted by Crippen LogP contribution is -2.61. The molecule has 0 N–H and O–H groups in total. The van der Waals surface area contributed by atoms with E-state index in [1.165, 1.54) is 41.6 Å². The Morgan fingerprint density at radius 3 is 2.58 bits per heavy atom. The van der Waals surface area contributed by atoms with Crippen LogP contribution in [0.5, 0.6) is 5.75 Å². The van der Waals surface area contributed by atoms with E-state index in [0.717, 1.165) is 29.9 Å². The number of anilines is 2. The van der Waals surface area contributed by atoms with Crippen LogP contribution < -0.4 is 14.5 Å². The highest BCUT2D eigenvalue weighted by Gasteiger charge is 2.58. The molecule has 0 radical (unpaired) electrons. The van der Waals surface area contributed by atoms with Crippen LogP contribution >= 0.6 is 0 Å². The Morgan fingerprint density at radius 2 is 1.74 bits per heavy atom. The second-order valence-electron chi connectivity index (χ2n) is 9.62. The van der Waals surface area contributed by atoms with E-state index >= 15 is 0 Å². The van der Waals surface area contributed by atoms with Crippen LogP contribution in [0.2, 0.25) is 0 Å². The molecule has 3 aliphatic heterocycles. The van der Waals surface area contributed by atoms with Gasteiger partial charge in [-0.1, -0.05) is 36.4 Å². The monoisotopic (exact) mass is 411 g/mol. The third kappa shape index (κ3) is 2.51. The van der Waals surface area contributed by atoms with Gasteiger partial charge in [-0.2, -0.15) is 0 Å². The van der Waals surface area contributed by atoms with Crippen molar-refractivity contribution < 1.29 is 4.74 Å². The van der Waals surface area contributed by atoms with Crippen LogP contribution in [0.15, 0.2) is 59.6 Å². The molecule has 158 valence electrons. The van der Waals surface area contributed by atoms with Gasteiger partial charge in [-0.3, -0.25) is 4.99 Å². The van der Waals surface area contributed by atoms with Crippen molar-refractivity contribution in [3.05, 3.63) is 60.2 Å². The molecule has 0 aromatic heterocycles. The van der Waals surface area contributed by atoms with Gasteiger partial charge < -0.3 is 14.5 Å². The molecule has 0 amide bonds. The summed E-state index contributed by atoms with van der Waals surface area (Å²) in [6, 6.07) is 19.5. The van der Waals surface area contributed by atoms with Gasteiger partial charge in [0.15, 0.2) is 0 Å². The van der Waals surface area contributed by atoms with E-state index in [9.17, 15) is 0 Å². The highest BCUT2D eigenvalue weighted by molar-refractivity contribution is 5.99. The van der Waals surface area contributed by atoms with Crippen molar-refractivity contribution in [2.75, 3.05) is 29.9 Å². The topological polar surface area (TPSA) is 28.1 Å². The highest BCUT2D eigenvalue weighted by Crippen LogP contribution is 2.54. The number of hydrogen-bond acceptors (Lipinski definition) is 4. The zero-order valence-electron chi connectivity index (χ0n) is 18.6. The average Bonchev–Trinajstić information content (AvgIpc) is 2.97. The molecule has 3 aliphatic rings. The smallest absolute Gasteiger partial charge is 0.228 e. The number of hydrogen-bond donors (Lipinski definition) is 0. The van der Waals surface area contributed by atoms with Crippen molar-refractivity contribution in [1.82, 2.24) is 0 Å². The average molecular weight is 412 g/mol. The summed E-state index contributed by atoms with van der Waals surface area (Å²) < 4.78 is 6.85. The van der Waals surface area contributed by atoms with Gasteiger partial charge in [0.1, 0.15) is 11.4 Å². The maximum atomic E-state index is 6.85. The van der Waals surface area contributed by atoms with Gasteiger partial charge in [0.2, 0.25) is 5.72 Å². The first-order valence-corrected chi connectivity index (χ1v) is 11.4. The number of ether oxygens (including phenoxy) is 1.